The van der Waals surface area contributed by atoms with E-state index in [0.29, 0.717) is 24.5 Å². The predicted molar refractivity (Wildman–Crippen MR) is 136 cm³/mol. The molecule has 0 spiro atoms. The number of amides is 2. The zero-order valence-electron chi connectivity index (χ0n) is 19.8. The standard InChI is InChI=1S/C25H31N3O4S2/c1-4-19-9-7-8-17(2)24(19)26-23(29)15-28-21-14-20(34(31,32)27-12-5-6-13-27)10-11-22(21)33-16-18(3)25(28)30/h7-11,14,18H,4-6,12-13,15-16H2,1-3H3,(H,26,29)/t18-/m0/s1. The largest absolute Gasteiger partial charge is 0.324 e. The summed E-state index contributed by atoms with van der Waals surface area (Å²) < 4.78 is 27.8. The number of sulfonamides is 1. The second-order valence-corrected chi connectivity index (χ2v) is 11.9. The SMILES string of the molecule is CCc1cccc(C)c1NC(=O)CN1C(=O)[C@@H](C)CSc2ccc(S(=O)(=O)N3CCCC3)cc21. The minimum absolute atomic E-state index is 0.161. The van der Waals surface area contributed by atoms with Crippen LogP contribution in [0.4, 0.5) is 11.4 Å². The number of carbonyl (C=O) groups excluding carboxylic acids is 2. The van der Waals surface area contributed by atoms with Crippen LogP contribution in [0, 0.1) is 12.8 Å². The highest BCUT2D eigenvalue weighted by Crippen LogP contribution is 2.38. The van der Waals surface area contributed by atoms with Crippen LogP contribution < -0.4 is 10.2 Å². The number of nitrogens with zero attached hydrogens (tertiary/aromatic N) is 2. The maximum Gasteiger partial charge on any atom is 0.244 e. The minimum atomic E-state index is -3.64. The summed E-state index contributed by atoms with van der Waals surface area (Å²) in [4.78, 5) is 28.8. The van der Waals surface area contributed by atoms with Crippen LogP contribution in [0.5, 0.6) is 0 Å². The molecule has 1 saturated heterocycles. The summed E-state index contributed by atoms with van der Waals surface area (Å²) >= 11 is 1.51. The van der Waals surface area contributed by atoms with E-state index in [-0.39, 0.29) is 29.2 Å². The predicted octanol–water partition coefficient (Wildman–Crippen LogP) is 4.06. The first-order chi connectivity index (χ1) is 16.2. The van der Waals surface area contributed by atoms with Crippen LogP contribution in [0.3, 0.4) is 0 Å². The van der Waals surface area contributed by atoms with Gasteiger partial charge in [0.2, 0.25) is 21.8 Å². The maximum atomic E-state index is 13.3. The van der Waals surface area contributed by atoms with Crippen molar-refractivity contribution in [2.75, 3.05) is 35.6 Å². The van der Waals surface area contributed by atoms with Crippen molar-refractivity contribution in [1.29, 1.82) is 0 Å². The van der Waals surface area contributed by atoms with Gasteiger partial charge in [-0.1, -0.05) is 32.0 Å². The highest BCUT2D eigenvalue weighted by atomic mass is 32.2. The van der Waals surface area contributed by atoms with Gasteiger partial charge in [-0.2, -0.15) is 4.31 Å². The molecule has 4 rings (SSSR count). The number of nitrogens with one attached hydrogen (secondary N) is 1. The number of anilines is 2. The molecule has 34 heavy (non-hydrogen) atoms. The zero-order chi connectivity index (χ0) is 24.5. The van der Waals surface area contributed by atoms with Crippen LogP contribution in [-0.2, 0) is 26.0 Å². The fourth-order valence-electron chi connectivity index (χ4n) is 4.43. The molecule has 1 fully saturated rings. The Morgan fingerprint density at radius 2 is 1.91 bits per heavy atom. The number of hydrogen-bond donors (Lipinski definition) is 1. The van der Waals surface area contributed by atoms with Crippen molar-refractivity contribution in [2.45, 2.75) is 49.8 Å². The summed E-state index contributed by atoms with van der Waals surface area (Å²) in [6.07, 6.45) is 2.47. The third kappa shape index (κ3) is 4.87. The van der Waals surface area contributed by atoms with Crippen molar-refractivity contribution < 1.29 is 18.0 Å². The lowest BCUT2D eigenvalue weighted by atomic mass is 10.1. The molecule has 2 aliphatic heterocycles. The third-order valence-electron chi connectivity index (χ3n) is 6.41. The van der Waals surface area contributed by atoms with Crippen molar-refractivity contribution in [2.24, 2.45) is 5.92 Å². The van der Waals surface area contributed by atoms with E-state index >= 15 is 0 Å². The van der Waals surface area contributed by atoms with E-state index in [1.54, 1.807) is 18.2 Å². The number of thioether (sulfide) groups is 1. The lowest BCUT2D eigenvalue weighted by Crippen LogP contribution is -2.41. The van der Waals surface area contributed by atoms with Gasteiger partial charge < -0.3 is 10.2 Å². The Balaban J connectivity index is 1.67. The minimum Gasteiger partial charge on any atom is -0.324 e. The van der Waals surface area contributed by atoms with Gasteiger partial charge in [-0.3, -0.25) is 9.59 Å². The van der Waals surface area contributed by atoms with E-state index in [9.17, 15) is 18.0 Å². The van der Waals surface area contributed by atoms with Crippen LogP contribution in [0.1, 0.15) is 37.8 Å². The first-order valence-corrected chi connectivity index (χ1v) is 14.1. The van der Waals surface area contributed by atoms with E-state index < -0.39 is 10.0 Å². The monoisotopic (exact) mass is 501 g/mol. The molecule has 0 saturated carbocycles. The molecule has 2 aliphatic rings. The Morgan fingerprint density at radius 1 is 1.18 bits per heavy atom. The Morgan fingerprint density at radius 3 is 2.62 bits per heavy atom. The topological polar surface area (TPSA) is 86.8 Å². The maximum absolute atomic E-state index is 13.3. The Labute approximate surface area is 205 Å². The molecule has 7 nitrogen and oxygen atoms in total. The second kappa shape index (κ2) is 10.1. The third-order valence-corrected chi connectivity index (χ3v) is 9.62. The van der Waals surface area contributed by atoms with Gasteiger partial charge >= 0.3 is 0 Å². The molecule has 2 amide bonds. The number of para-hydroxylation sites is 1. The molecule has 182 valence electrons. The number of hydrogen-bond acceptors (Lipinski definition) is 5. The van der Waals surface area contributed by atoms with Crippen LogP contribution in [0.2, 0.25) is 0 Å². The summed E-state index contributed by atoms with van der Waals surface area (Å²) in [5.74, 6) is -0.221. The molecular weight excluding hydrogens is 470 g/mol. The smallest absolute Gasteiger partial charge is 0.244 e. The summed E-state index contributed by atoms with van der Waals surface area (Å²) in [6.45, 7) is 6.64. The molecule has 0 radical (unpaired) electrons. The fourth-order valence-corrected chi connectivity index (χ4v) is 7.02. The Bertz CT molecular complexity index is 1210. The molecule has 0 aromatic heterocycles. The lowest BCUT2D eigenvalue weighted by molar-refractivity contribution is -0.123. The molecule has 2 aromatic rings. The number of aryl methyl sites for hydroxylation is 2. The van der Waals surface area contributed by atoms with Crippen LogP contribution >= 0.6 is 11.8 Å². The Kier molecular flexibility index (Phi) is 7.35. The van der Waals surface area contributed by atoms with Crippen molar-refractivity contribution in [3.8, 4) is 0 Å². The first-order valence-electron chi connectivity index (χ1n) is 11.7. The van der Waals surface area contributed by atoms with Gasteiger partial charge in [0.15, 0.2) is 0 Å². The molecule has 0 bridgehead atoms. The van der Waals surface area contributed by atoms with E-state index in [2.05, 4.69) is 5.32 Å². The summed E-state index contributed by atoms with van der Waals surface area (Å²) in [7, 11) is -3.64. The summed E-state index contributed by atoms with van der Waals surface area (Å²) in [5, 5.41) is 2.99. The number of rotatable bonds is 6. The summed E-state index contributed by atoms with van der Waals surface area (Å²) in [6, 6.07) is 10.8. The normalized spacial score (nSPS) is 19.1. The molecule has 2 heterocycles. The number of carbonyl (C=O) groups is 2. The van der Waals surface area contributed by atoms with Gasteiger partial charge in [0.25, 0.3) is 0 Å². The van der Waals surface area contributed by atoms with Gasteiger partial charge in [0.05, 0.1) is 10.6 Å². The second-order valence-electron chi connectivity index (χ2n) is 8.89. The van der Waals surface area contributed by atoms with Crippen molar-refractivity contribution in [3.63, 3.8) is 0 Å². The average Bonchev–Trinajstić information content (AvgIpc) is 3.34. The average molecular weight is 502 g/mol. The summed E-state index contributed by atoms with van der Waals surface area (Å²) in [5.41, 5.74) is 3.23. The first kappa shape index (κ1) is 24.8. The van der Waals surface area contributed by atoms with Crippen LogP contribution in [0.15, 0.2) is 46.2 Å². The quantitative estimate of drug-likeness (QED) is 0.645. The van der Waals surface area contributed by atoms with Crippen LogP contribution in [-0.4, -0.2) is 49.9 Å². The van der Waals surface area contributed by atoms with E-state index in [0.717, 1.165) is 41.0 Å². The van der Waals surface area contributed by atoms with Gasteiger partial charge in [-0.25, -0.2) is 8.42 Å². The fraction of sp³-hybridized carbons (Fsp3) is 0.440. The van der Waals surface area contributed by atoms with E-state index in [1.165, 1.54) is 21.0 Å². The van der Waals surface area contributed by atoms with Crippen molar-refractivity contribution in [3.05, 3.63) is 47.5 Å². The molecule has 9 heteroatoms. The van der Waals surface area contributed by atoms with Gasteiger partial charge in [-0.15, -0.1) is 11.8 Å². The van der Waals surface area contributed by atoms with Gasteiger partial charge in [0.1, 0.15) is 6.54 Å². The number of benzene rings is 2. The highest BCUT2D eigenvalue weighted by molar-refractivity contribution is 7.99. The van der Waals surface area contributed by atoms with Crippen molar-refractivity contribution in [1.82, 2.24) is 4.31 Å². The van der Waals surface area contributed by atoms with E-state index in [1.807, 2.05) is 39.0 Å². The van der Waals surface area contributed by atoms with Crippen LogP contribution in [0.25, 0.3) is 0 Å². The van der Waals surface area contributed by atoms with E-state index in [4.69, 9.17) is 0 Å². The molecule has 0 aliphatic carbocycles. The Hall–Kier alpha value is -2.36. The molecule has 1 N–H and O–H groups in total. The highest BCUT2D eigenvalue weighted by Gasteiger charge is 2.33. The molecule has 2 aromatic carbocycles. The zero-order valence-corrected chi connectivity index (χ0v) is 21.5. The number of fused-ring (bicyclic) bond motifs is 1. The lowest BCUT2D eigenvalue weighted by Gasteiger charge is -2.25. The van der Waals surface area contributed by atoms with Gasteiger partial charge in [0, 0.05) is 35.3 Å². The molecule has 1 atom stereocenters. The molecular formula is C25H31N3O4S2. The van der Waals surface area contributed by atoms with Crippen molar-refractivity contribution >= 4 is 45.0 Å². The molecule has 0 unspecified atom stereocenters. The van der Waals surface area contributed by atoms with Gasteiger partial charge in [-0.05, 0) is 55.5 Å².